The van der Waals surface area contributed by atoms with Crippen LogP contribution in [0.15, 0.2) is 72.8 Å². The number of halogens is 2. The van der Waals surface area contributed by atoms with Crippen LogP contribution in [-0.2, 0) is 33.9 Å². The minimum Gasteiger partial charge on any atom is -0.481 e. The van der Waals surface area contributed by atoms with E-state index in [2.05, 4.69) is 10.6 Å². The molecule has 0 bridgehead atoms. The van der Waals surface area contributed by atoms with Crippen molar-refractivity contribution in [2.24, 2.45) is 0 Å². The van der Waals surface area contributed by atoms with Gasteiger partial charge in [0.05, 0.1) is 46.2 Å². The first-order chi connectivity index (χ1) is 22.7. The molecule has 0 saturated heterocycles. The number of amides is 3. The van der Waals surface area contributed by atoms with Gasteiger partial charge in [-0.25, -0.2) is 13.2 Å². The molecule has 1 aliphatic heterocycles. The number of ketones is 1. The van der Waals surface area contributed by atoms with Gasteiger partial charge < -0.3 is 20.5 Å². The van der Waals surface area contributed by atoms with Crippen LogP contribution in [0.3, 0.4) is 0 Å². The van der Waals surface area contributed by atoms with Gasteiger partial charge in [0.2, 0.25) is 15.9 Å². The molecular weight excluding hydrogens is 691 g/mol. The zero-order chi connectivity index (χ0) is 35.2. The van der Waals surface area contributed by atoms with Crippen molar-refractivity contribution in [1.29, 1.82) is 0 Å². The molecule has 2 atom stereocenters. The number of hydrogen-bond acceptors (Lipinski definition) is 9. The van der Waals surface area contributed by atoms with Crippen molar-refractivity contribution in [3.05, 3.63) is 94.0 Å². The number of esters is 1. The molecule has 3 amide bonds. The van der Waals surface area contributed by atoms with E-state index in [9.17, 15) is 42.3 Å². The van der Waals surface area contributed by atoms with Gasteiger partial charge in [-0.05, 0) is 36.4 Å². The first-order valence-electron chi connectivity index (χ1n) is 14.1. The summed E-state index contributed by atoms with van der Waals surface area (Å²) in [5.74, 6) is -6.10. The quantitative estimate of drug-likeness (QED) is 0.234. The van der Waals surface area contributed by atoms with E-state index in [1.54, 1.807) is 18.2 Å². The van der Waals surface area contributed by atoms with Gasteiger partial charge in [0, 0.05) is 5.56 Å². The number of ether oxygens (including phenoxy) is 1. The maximum absolute atomic E-state index is 13.9. The molecule has 3 aromatic rings. The van der Waals surface area contributed by atoms with Crippen LogP contribution >= 0.6 is 23.2 Å². The van der Waals surface area contributed by atoms with Gasteiger partial charge in [0.15, 0.2) is 12.4 Å². The van der Waals surface area contributed by atoms with E-state index in [1.165, 1.54) is 54.6 Å². The zero-order valence-electron chi connectivity index (χ0n) is 25.1. The summed E-state index contributed by atoms with van der Waals surface area (Å²) in [7, 11) is -4.02. The number of carbonyl (C=O) groups excluding carboxylic acids is 5. The summed E-state index contributed by atoms with van der Waals surface area (Å²) in [6, 6.07) is 14.7. The number of fused-ring (bicyclic) bond motifs is 1. The topological polar surface area (TPSA) is 197 Å². The third kappa shape index (κ3) is 8.67. The molecule has 252 valence electrons. The Kier molecular flexibility index (Phi) is 11.4. The van der Waals surface area contributed by atoms with E-state index in [0.717, 1.165) is 15.5 Å². The number of sulfonamides is 1. The van der Waals surface area contributed by atoms with Crippen LogP contribution in [0.5, 0.6) is 0 Å². The number of carboxylic acid groups (broad SMARTS) is 1. The van der Waals surface area contributed by atoms with Crippen LogP contribution in [0.4, 0.5) is 11.4 Å². The fraction of sp³-hybridized carbons (Fsp3) is 0.226. The van der Waals surface area contributed by atoms with Crippen LogP contribution in [-0.4, -0.2) is 87.0 Å². The SMILES string of the molecule is CS(=O)(=O)N1CC(NC(=O)c2ccccc2)C(=O)N(CC(=O)N[C@@H](CC(=O)O)C(=O)COC(=O)c2c(Cl)cccc2Cl)c2ccccc21. The Labute approximate surface area is 284 Å². The molecule has 0 aliphatic carbocycles. The first kappa shape index (κ1) is 35.9. The van der Waals surface area contributed by atoms with E-state index in [4.69, 9.17) is 27.9 Å². The van der Waals surface area contributed by atoms with Crippen LogP contribution < -0.4 is 19.8 Å². The maximum atomic E-state index is 13.9. The number of hydrogen-bond donors (Lipinski definition) is 3. The number of aliphatic carboxylic acids is 1. The van der Waals surface area contributed by atoms with Crippen molar-refractivity contribution < 1.29 is 47.0 Å². The van der Waals surface area contributed by atoms with Gasteiger partial charge in [0.25, 0.3) is 11.8 Å². The van der Waals surface area contributed by atoms with Crippen molar-refractivity contribution in [1.82, 2.24) is 10.6 Å². The van der Waals surface area contributed by atoms with E-state index < -0.39 is 83.7 Å². The second kappa shape index (κ2) is 15.3. The highest BCUT2D eigenvalue weighted by molar-refractivity contribution is 7.92. The van der Waals surface area contributed by atoms with Gasteiger partial charge >= 0.3 is 11.9 Å². The van der Waals surface area contributed by atoms with Crippen LogP contribution in [0, 0.1) is 0 Å². The third-order valence-electron chi connectivity index (χ3n) is 7.01. The highest BCUT2D eigenvalue weighted by Gasteiger charge is 2.39. The Morgan fingerprint density at radius 1 is 0.938 bits per heavy atom. The lowest BCUT2D eigenvalue weighted by Crippen LogP contribution is -2.55. The fourth-order valence-corrected chi connectivity index (χ4v) is 6.26. The van der Waals surface area contributed by atoms with Gasteiger partial charge in [-0.15, -0.1) is 0 Å². The van der Waals surface area contributed by atoms with Crippen LogP contribution in [0.25, 0.3) is 0 Å². The average Bonchev–Trinajstić information content (AvgIpc) is 3.14. The summed E-state index contributed by atoms with van der Waals surface area (Å²) >= 11 is 12.0. The molecule has 0 aromatic heterocycles. The second-order valence-corrected chi connectivity index (χ2v) is 13.2. The number of carboxylic acids is 1. The van der Waals surface area contributed by atoms with E-state index in [1.807, 2.05) is 0 Å². The summed E-state index contributed by atoms with van der Waals surface area (Å²) < 4.78 is 31.6. The van der Waals surface area contributed by atoms with Crippen molar-refractivity contribution in [3.8, 4) is 0 Å². The standard InChI is InChI=1S/C31H28Cl2N4O10S/c1-48(45,46)37-15-22(35-29(42)18-8-3-2-4-9-18)30(43)36(23-12-5-6-13-24(23)37)16-26(39)34-21(14-27(40)41)25(38)17-47-31(44)28-19(32)10-7-11-20(28)33/h2-13,21-22H,14-17H2,1H3,(H,34,39)(H,35,42)(H,40,41)/t21-,22?/m0/s1. The Balaban J connectivity index is 1.58. The third-order valence-corrected chi connectivity index (χ3v) is 8.79. The first-order valence-corrected chi connectivity index (χ1v) is 16.7. The van der Waals surface area contributed by atoms with Crippen molar-refractivity contribution >= 4 is 80.0 Å². The fourth-order valence-electron chi connectivity index (χ4n) is 4.77. The minimum absolute atomic E-state index is 0.00815. The molecule has 0 radical (unpaired) electrons. The molecule has 1 aliphatic rings. The lowest BCUT2D eigenvalue weighted by Gasteiger charge is -2.26. The molecule has 1 unspecified atom stereocenters. The maximum Gasteiger partial charge on any atom is 0.341 e. The van der Waals surface area contributed by atoms with Gasteiger partial charge in [-0.2, -0.15) is 0 Å². The van der Waals surface area contributed by atoms with Crippen molar-refractivity contribution in [2.75, 3.05) is 35.2 Å². The molecular formula is C31H28Cl2N4O10S. The Morgan fingerprint density at radius 3 is 2.15 bits per heavy atom. The normalized spacial score (nSPS) is 15.1. The number of nitrogens with zero attached hydrogens (tertiary/aromatic N) is 2. The summed E-state index contributed by atoms with van der Waals surface area (Å²) in [5, 5.41) is 14.1. The molecule has 1 heterocycles. The Hall–Kier alpha value is -4.99. The number of benzene rings is 3. The van der Waals surface area contributed by atoms with Gasteiger partial charge in [0.1, 0.15) is 18.6 Å². The molecule has 4 rings (SSSR count). The molecule has 3 aromatic carbocycles. The summed E-state index contributed by atoms with van der Waals surface area (Å²) in [4.78, 5) is 78.3. The molecule has 0 saturated carbocycles. The highest BCUT2D eigenvalue weighted by atomic mass is 35.5. The van der Waals surface area contributed by atoms with E-state index >= 15 is 0 Å². The molecule has 0 spiro atoms. The Bertz CT molecular complexity index is 1850. The number of para-hydroxylation sites is 2. The monoisotopic (exact) mass is 718 g/mol. The minimum atomic E-state index is -4.02. The number of nitrogens with one attached hydrogen (secondary N) is 2. The lowest BCUT2D eigenvalue weighted by molar-refractivity contribution is -0.140. The number of anilines is 2. The van der Waals surface area contributed by atoms with Crippen molar-refractivity contribution in [3.63, 3.8) is 0 Å². The van der Waals surface area contributed by atoms with Gasteiger partial charge in [-0.3, -0.25) is 33.2 Å². The van der Waals surface area contributed by atoms with Crippen LogP contribution in [0.2, 0.25) is 10.0 Å². The second-order valence-electron chi connectivity index (χ2n) is 10.5. The summed E-state index contributed by atoms with van der Waals surface area (Å²) in [6.07, 6.45) is 0.0123. The zero-order valence-corrected chi connectivity index (χ0v) is 27.4. The number of Topliss-reactive ketones (excluding diaryl/α,β-unsaturated/α-hetero) is 1. The number of rotatable bonds is 12. The van der Waals surface area contributed by atoms with Crippen molar-refractivity contribution in [2.45, 2.75) is 18.5 Å². The lowest BCUT2D eigenvalue weighted by atomic mass is 10.1. The molecule has 48 heavy (non-hydrogen) atoms. The van der Waals surface area contributed by atoms with Crippen LogP contribution in [0.1, 0.15) is 27.1 Å². The predicted octanol–water partition coefficient (Wildman–Crippen LogP) is 2.29. The Morgan fingerprint density at radius 2 is 1.54 bits per heavy atom. The smallest absolute Gasteiger partial charge is 0.341 e. The largest absolute Gasteiger partial charge is 0.481 e. The predicted molar refractivity (Wildman–Crippen MR) is 175 cm³/mol. The number of carbonyl (C=O) groups is 6. The van der Waals surface area contributed by atoms with Gasteiger partial charge in [-0.1, -0.05) is 59.6 Å². The molecule has 3 N–H and O–H groups in total. The highest BCUT2D eigenvalue weighted by Crippen LogP contribution is 2.34. The van der Waals surface area contributed by atoms with E-state index in [0.29, 0.717) is 0 Å². The summed E-state index contributed by atoms with van der Waals surface area (Å²) in [6.45, 7) is -2.28. The molecule has 0 fully saturated rings. The van der Waals surface area contributed by atoms with E-state index in [-0.39, 0.29) is 32.5 Å². The average molecular weight is 720 g/mol. The molecule has 14 nitrogen and oxygen atoms in total. The molecule has 17 heteroatoms. The summed E-state index contributed by atoms with van der Waals surface area (Å²) in [5.41, 5.74) is -0.00949.